The molecular formula is C26H59N3O6S. The zero-order valence-electron chi connectivity index (χ0n) is 24.6. The van der Waals surface area contributed by atoms with Gasteiger partial charge in [-0.2, -0.15) is 0 Å². The smallest absolute Gasteiger partial charge is 0.152 e. The Balaban J connectivity index is 0. The van der Waals surface area contributed by atoms with Gasteiger partial charge < -0.3 is 23.8 Å². The number of likely N-dealkylation sites (tertiary alicyclic amines) is 1. The van der Waals surface area contributed by atoms with Gasteiger partial charge in [0.15, 0.2) is 9.84 Å². The van der Waals surface area contributed by atoms with E-state index >= 15 is 0 Å². The van der Waals surface area contributed by atoms with Crippen molar-refractivity contribution in [3.63, 3.8) is 0 Å². The van der Waals surface area contributed by atoms with Crippen LogP contribution < -0.4 is 0 Å². The molecule has 0 atom stereocenters. The molecule has 220 valence electrons. The van der Waals surface area contributed by atoms with Gasteiger partial charge in [-0.15, -0.1) is 0 Å². The summed E-state index contributed by atoms with van der Waals surface area (Å²) in [6, 6.07) is 0. The van der Waals surface area contributed by atoms with E-state index in [0.29, 0.717) is 31.2 Å². The molecule has 0 amide bonds. The molecule has 0 N–H and O–H groups in total. The molecule has 9 nitrogen and oxygen atoms in total. The summed E-state index contributed by atoms with van der Waals surface area (Å²) in [6.45, 7) is 21.2. The number of nitrogens with zero attached hydrogens (tertiary/aromatic N) is 3. The summed E-state index contributed by atoms with van der Waals surface area (Å²) in [4.78, 5) is 6.95. The van der Waals surface area contributed by atoms with Crippen molar-refractivity contribution in [3.8, 4) is 0 Å². The van der Waals surface area contributed by atoms with E-state index in [0.717, 1.165) is 59.2 Å². The molecule has 0 aromatic heterocycles. The summed E-state index contributed by atoms with van der Waals surface area (Å²) in [5.74, 6) is 0.605. The van der Waals surface area contributed by atoms with Gasteiger partial charge in [-0.1, -0.05) is 34.1 Å². The van der Waals surface area contributed by atoms with Crippen molar-refractivity contribution in [3.05, 3.63) is 0 Å². The zero-order chi connectivity index (χ0) is 27.5. The maximum atomic E-state index is 11.0. The second-order valence-electron chi connectivity index (χ2n) is 8.33. The molecule has 0 aliphatic carbocycles. The van der Waals surface area contributed by atoms with Crippen LogP contribution in [0.3, 0.4) is 0 Å². The molecule has 3 rings (SSSR count). The van der Waals surface area contributed by atoms with E-state index in [1.54, 1.807) is 21.3 Å². The van der Waals surface area contributed by atoms with Crippen molar-refractivity contribution >= 4 is 9.84 Å². The molecule has 0 saturated carbocycles. The third-order valence-corrected chi connectivity index (χ3v) is 7.43. The second-order valence-corrected chi connectivity index (χ2v) is 10.6. The summed E-state index contributed by atoms with van der Waals surface area (Å²) in [5.41, 5.74) is 0. The Hall–Kier alpha value is -0.330. The Labute approximate surface area is 223 Å². The Morgan fingerprint density at radius 1 is 0.583 bits per heavy atom. The number of sulfone groups is 1. The third kappa shape index (κ3) is 22.8. The molecule has 0 aromatic carbocycles. The van der Waals surface area contributed by atoms with Gasteiger partial charge in [0.05, 0.1) is 44.5 Å². The maximum absolute atomic E-state index is 11.0. The van der Waals surface area contributed by atoms with Crippen molar-refractivity contribution in [2.75, 3.05) is 125 Å². The molecule has 0 unspecified atom stereocenters. The normalized spacial score (nSPS) is 20.2. The molecule has 3 aliphatic heterocycles. The van der Waals surface area contributed by atoms with E-state index in [4.69, 9.17) is 18.9 Å². The predicted octanol–water partition coefficient (Wildman–Crippen LogP) is 2.50. The minimum absolute atomic E-state index is 0.302. The Morgan fingerprint density at radius 3 is 1.33 bits per heavy atom. The quantitative estimate of drug-likeness (QED) is 0.437. The number of morpholine rings is 1. The van der Waals surface area contributed by atoms with Crippen LogP contribution in [-0.2, 0) is 28.8 Å². The van der Waals surface area contributed by atoms with Gasteiger partial charge in [-0.25, -0.2) is 8.42 Å². The minimum Gasteiger partial charge on any atom is -0.383 e. The molecule has 0 radical (unpaired) electrons. The fourth-order valence-electron chi connectivity index (χ4n) is 3.64. The van der Waals surface area contributed by atoms with Crippen LogP contribution in [-0.4, -0.2) is 148 Å². The minimum atomic E-state index is -2.72. The van der Waals surface area contributed by atoms with Gasteiger partial charge in [0.2, 0.25) is 0 Å². The second kappa shape index (κ2) is 27.7. The molecule has 3 saturated heterocycles. The number of methoxy groups -OCH3 is 3. The lowest BCUT2D eigenvalue weighted by Gasteiger charge is -2.25. The average Bonchev–Trinajstić information content (AvgIpc) is 2.94. The molecule has 0 aromatic rings. The Morgan fingerprint density at radius 2 is 0.944 bits per heavy atom. The lowest BCUT2D eigenvalue weighted by Crippen LogP contribution is -2.41. The highest BCUT2D eigenvalue weighted by molar-refractivity contribution is 7.91. The number of piperidine rings is 1. The summed E-state index contributed by atoms with van der Waals surface area (Å²) < 4.78 is 42.1. The van der Waals surface area contributed by atoms with E-state index in [9.17, 15) is 8.42 Å². The molecule has 3 heterocycles. The summed E-state index contributed by atoms with van der Waals surface area (Å²) in [5, 5.41) is 0. The fourth-order valence-corrected chi connectivity index (χ4v) is 4.92. The topological polar surface area (TPSA) is 80.8 Å². The van der Waals surface area contributed by atoms with Crippen molar-refractivity contribution in [2.45, 2.75) is 47.0 Å². The monoisotopic (exact) mass is 541 g/mol. The highest BCUT2D eigenvalue weighted by atomic mass is 32.2. The molecule has 36 heavy (non-hydrogen) atoms. The van der Waals surface area contributed by atoms with Gasteiger partial charge in [-0.3, -0.25) is 9.80 Å². The average molecular weight is 542 g/mol. The van der Waals surface area contributed by atoms with Gasteiger partial charge >= 0.3 is 0 Å². The van der Waals surface area contributed by atoms with Crippen molar-refractivity contribution in [1.29, 1.82) is 0 Å². The van der Waals surface area contributed by atoms with Crippen molar-refractivity contribution in [1.82, 2.24) is 14.7 Å². The zero-order valence-corrected chi connectivity index (χ0v) is 25.5. The van der Waals surface area contributed by atoms with E-state index in [1.807, 2.05) is 27.7 Å². The molecule has 3 fully saturated rings. The first-order valence-electron chi connectivity index (χ1n) is 13.9. The molecular weight excluding hydrogens is 482 g/mol. The van der Waals surface area contributed by atoms with Crippen LogP contribution in [0.5, 0.6) is 0 Å². The summed E-state index contributed by atoms with van der Waals surface area (Å²) in [7, 11) is 2.43. The first-order valence-corrected chi connectivity index (χ1v) is 15.7. The fraction of sp³-hybridized carbons (Fsp3) is 1.00. The maximum Gasteiger partial charge on any atom is 0.152 e. The van der Waals surface area contributed by atoms with Gasteiger partial charge in [-0.05, 0) is 25.9 Å². The number of hydrogen-bond acceptors (Lipinski definition) is 9. The molecule has 0 spiro atoms. The van der Waals surface area contributed by atoms with E-state index in [2.05, 4.69) is 14.7 Å². The van der Waals surface area contributed by atoms with Crippen LogP contribution in [0.4, 0.5) is 0 Å². The largest absolute Gasteiger partial charge is 0.383 e. The van der Waals surface area contributed by atoms with Crippen LogP contribution in [0.15, 0.2) is 0 Å². The predicted molar refractivity (Wildman–Crippen MR) is 151 cm³/mol. The molecule has 0 bridgehead atoms. The van der Waals surface area contributed by atoms with Gasteiger partial charge in [0.1, 0.15) is 0 Å². The summed E-state index contributed by atoms with van der Waals surface area (Å²) >= 11 is 0. The molecule has 3 aliphatic rings. The van der Waals surface area contributed by atoms with Gasteiger partial charge in [0, 0.05) is 67.1 Å². The van der Waals surface area contributed by atoms with Crippen LogP contribution in [0, 0.1) is 0 Å². The van der Waals surface area contributed by atoms with Gasteiger partial charge in [0.25, 0.3) is 0 Å². The van der Waals surface area contributed by atoms with Crippen LogP contribution >= 0.6 is 0 Å². The van der Waals surface area contributed by atoms with Crippen molar-refractivity contribution < 1.29 is 27.4 Å². The van der Waals surface area contributed by atoms with E-state index < -0.39 is 9.84 Å². The highest BCUT2D eigenvalue weighted by Crippen LogP contribution is 2.07. The molecule has 10 heteroatoms. The first kappa shape index (κ1) is 37.8. The number of ether oxygens (including phenoxy) is 4. The number of hydrogen-bond donors (Lipinski definition) is 0. The standard InChI is InChI=1S/C8H17NO.C7H15NO3S.C7H15NO2.2C2H6/c1-10-8-7-9-5-3-2-4-6-9;1-11-5-2-8-3-6-12(9,10)7-4-8;1-9-5-2-8-3-6-10-7-4-8;2*1-2/h2-8H2,1H3;2-7H2,1H3;2-7H2,1H3;2*1-2H3. The Kier molecular flexibility index (Phi) is 29.1. The number of rotatable bonds is 9. The highest BCUT2D eigenvalue weighted by Gasteiger charge is 2.20. The lowest BCUT2D eigenvalue weighted by molar-refractivity contribution is 0.0263. The SMILES string of the molecule is CC.CC.COCCN1CCCCC1.COCCN1CCOCC1.COCCN1CCS(=O)(=O)CC1. The van der Waals surface area contributed by atoms with Crippen LogP contribution in [0.1, 0.15) is 47.0 Å². The lowest BCUT2D eigenvalue weighted by atomic mass is 10.1. The van der Waals surface area contributed by atoms with Crippen LogP contribution in [0.2, 0.25) is 0 Å². The van der Waals surface area contributed by atoms with Crippen LogP contribution in [0.25, 0.3) is 0 Å². The van der Waals surface area contributed by atoms with E-state index in [-0.39, 0.29) is 0 Å². The Bertz CT molecular complexity index is 492. The summed E-state index contributed by atoms with van der Waals surface area (Å²) in [6.07, 6.45) is 4.18. The van der Waals surface area contributed by atoms with Crippen molar-refractivity contribution in [2.24, 2.45) is 0 Å². The van der Waals surface area contributed by atoms with E-state index in [1.165, 1.54) is 32.4 Å². The third-order valence-electron chi connectivity index (χ3n) is 5.82. The first-order chi connectivity index (χ1) is 17.5.